The zero-order valence-electron chi connectivity index (χ0n) is 11.1. The highest BCUT2D eigenvalue weighted by Crippen LogP contribution is 2.28. The van der Waals surface area contributed by atoms with Crippen molar-refractivity contribution in [2.24, 2.45) is 0 Å². The van der Waals surface area contributed by atoms with Crippen molar-refractivity contribution >= 4 is 29.1 Å². The van der Waals surface area contributed by atoms with Crippen molar-refractivity contribution in [3.05, 3.63) is 23.5 Å². The van der Waals surface area contributed by atoms with Gasteiger partial charge < -0.3 is 4.90 Å². The van der Waals surface area contributed by atoms with Gasteiger partial charge >= 0.3 is 0 Å². The van der Waals surface area contributed by atoms with E-state index in [-0.39, 0.29) is 0 Å². The van der Waals surface area contributed by atoms with Gasteiger partial charge in [0.2, 0.25) is 0 Å². The Kier molecular flexibility index (Phi) is 4.51. The maximum Gasteiger partial charge on any atom is 0.0822 e. The summed E-state index contributed by atoms with van der Waals surface area (Å²) in [5.41, 5.74) is 1.14. The minimum absolute atomic E-state index is 0.773. The van der Waals surface area contributed by atoms with E-state index in [2.05, 4.69) is 26.5 Å². The molecule has 104 valence electrons. The van der Waals surface area contributed by atoms with Crippen LogP contribution in [0.2, 0.25) is 5.02 Å². The smallest absolute Gasteiger partial charge is 0.0822 e. The Morgan fingerprint density at radius 2 is 1.89 bits per heavy atom. The van der Waals surface area contributed by atoms with Crippen LogP contribution < -0.4 is 4.90 Å². The average Bonchev–Trinajstić information content (AvgIpc) is 2.49. The zero-order valence-corrected chi connectivity index (χ0v) is 12.7. The average molecular weight is 298 g/mol. The Labute approximate surface area is 124 Å². The fraction of sp³-hybridized carbons (Fsp3) is 0.643. The standard InChI is InChI=1S/C14H20ClN3S/c15-13-11-16-4-1-14(13)18-5-2-12(3-6-18)17-7-9-19-10-8-17/h1,4,11-12H,2-3,5-10H2. The lowest BCUT2D eigenvalue weighted by Gasteiger charge is -2.41. The highest BCUT2D eigenvalue weighted by molar-refractivity contribution is 7.99. The summed E-state index contributed by atoms with van der Waals surface area (Å²) in [5.74, 6) is 2.60. The number of pyridine rings is 1. The third-order valence-corrected chi connectivity index (χ3v) is 5.35. The molecular weight excluding hydrogens is 278 g/mol. The minimum Gasteiger partial charge on any atom is -0.370 e. The Bertz CT molecular complexity index is 415. The second kappa shape index (κ2) is 6.33. The van der Waals surface area contributed by atoms with Crippen molar-refractivity contribution in [1.82, 2.24) is 9.88 Å². The first-order chi connectivity index (χ1) is 9.34. The fourth-order valence-corrected chi connectivity index (χ4v) is 4.21. The van der Waals surface area contributed by atoms with Crippen molar-refractivity contribution in [3.8, 4) is 0 Å². The van der Waals surface area contributed by atoms with Crippen LogP contribution in [0.1, 0.15) is 12.8 Å². The summed E-state index contributed by atoms with van der Waals surface area (Å²) in [4.78, 5) is 9.14. The number of rotatable bonds is 2. The molecule has 2 fully saturated rings. The van der Waals surface area contributed by atoms with E-state index in [1.807, 2.05) is 12.3 Å². The lowest BCUT2D eigenvalue weighted by atomic mass is 10.0. The van der Waals surface area contributed by atoms with Gasteiger partial charge in [-0.05, 0) is 18.9 Å². The van der Waals surface area contributed by atoms with Gasteiger partial charge in [0.25, 0.3) is 0 Å². The Hall–Kier alpha value is -0.450. The molecule has 2 saturated heterocycles. The summed E-state index contributed by atoms with van der Waals surface area (Å²) < 4.78 is 0. The molecule has 2 aliphatic rings. The molecule has 1 aromatic rings. The molecule has 0 amide bonds. The molecular formula is C14H20ClN3S. The number of piperidine rings is 1. The predicted molar refractivity (Wildman–Crippen MR) is 83.4 cm³/mol. The van der Waals surface area contributed by atoms with E-state index in [1.165, 1.54) is 37.4 Å². The van der Waals surface area contributed by atoms with Gasteiger partial charge in [-0.15, -0.1) is 0 Å². The quantitative estimate of drug-likeness (QED) is 0.836. The molecule has 0 radical (unpaired) electrons. The molecule has 5 heteroatoms. The molecule has 0 atom stereocenters. The lowest BCUT2D eigenvalue weighted by Crippen LogP contribution is -2.47. The van der Waals surface area contributed by atoms with Crippen LogP contribution in [0.5, 0.6) is 0 Å². The summed E-state index contributed by atoms with van der Waals surface area (Å²) >= 11 is 8.31. The van der Waals surface area contributed by atoms with Gasteiger partial charge in [0.1, 0.15) is 0 Å². The van der Waals surface area contributed by atoms with E-state index in [1.54, 1.807) is 6.20 Å². The van der Waals surface area contributed by atoms with E-state index in [0.717, 1.165) is 29.8 Å². The van der Waals surface area contributed by atoms with Crippen LogP contribution >= 0.6 is 23.4 Å². The fourth-order valence-electron chi connectivity index (χ4n) is 3.04. The SMILES string of the molecule is Clc1cnccc1N1CCC(N2CCSCC2)CC1. The highest BCUT2D eigenvalue weighted by Gasteiger charge is 2.26. The molecule has 0 bridgehead atoms. The topological polar surface area (TPSA) is 19.4 Å². The van der Waals surface area contributed by atoms with Crippen LogP contribution in [-0.2, 0) is 0 Å². The summed E-state index contributed by atoms with van der Waals surface area (Å²) in [5, 5.41) is 0.773. The van der Waals surface area contributed by atoms with Gasteiger partial charge in [-0.3, -0.25) is 9.88 Å². The van der Waals surface area contributed by atoms with E-state index in [4.69, 9.17) is 11.6 Å². The lowest BCUT2D eigenvalue weighted by molar-refractivity contribution is 0.186. The van der Waals surface area contributed by atoms with Gasteiger partial charge in [-0.1, -0.05) is 11.6 Å². The van der Waals surface area contributed by atoms with Gasteiger partial charge in [-0.2, -0.15) is 11.8 Å². The van der Waals surface area contributed by atoms with Crippen molar-refractivity contribution < 1.29 is 0 Å². The monoisotopic (exact) mass is 297 g/mol. The molecule has 19 heavy (non-hydrogen) atoms. The zero-order chi connectivity index (χ0) is 13.1. The molecule has 0 spiro atoms. The maximum atomic E-state index is 6.23. The van der Waals surface area contributed by atoms with Crippen LogP contribution in [0.3, 0.4) is 0 Å². The van der Waals surface area contributed by atoms with Crippen LogP contribution in [0, 0.1) is 0 Å². The van der Waals surface area contributed by atoms with Gasteiger partial charge in [0, 0.05) is 56.1 Å². The first kappa shape index (κ1) is 13.5. The summed E-state index contributed by atoms with van der Waals surface area (Å²) in [7, 11) is 0. The van der Waals surface area contributed by atoms with Gasteiger partial charge in [-0.25, -0.2) is 0 Å². The van der Waals surface area contributed by atoms with E-state index >= 15 is 0 Å². The van der Waals surface area contributed by atoms with Crippen molar-refractivity contribution in [3.63, 3.8) is 0 Å². The number of thioether (sulfide) groups is 1. The Morgan fingerprint density at radius 1 is 1.16 bits per heavy atom. The molecule has 1 aromatic heterocycles. The number of hydrogen-bond donors (Lipinski definition) is 0. The molecule has 0 aliphatic carbocycles. The normalized spacial score (nSPS) is 22.7. The molecule has 0 unspecified atom stereocenters. The Balaban J connectivity index is 1.58. The molecule has 2 aliphatic heterocycles. The Morgan fingerprint density at radius 3 is 2.58 bits per heavy atom. The number of nitrogens with zero attached hydrogens (tertiary/aromatic N) is 3. The van der Waals surface area contributed by atoms with Crippen LogP contribution in [0.25, 0.3) is 0 Å². The first-order valence-corrected chi connectivity index (χ1v) is 8.54. The number of anilines is 1. The van der Waals surface area contributed by atoms with Crippen molar-refractivity contribution in [1.29, 1.82) is 0 Å². The molecule has 0 aromatic carbocycles. The van der Waals surface area contributed by atoms with Crippen molar-refractivity contribution in [2.75, 3.05) is 42.6 Å². The number of hydrogen-bond acceptors (Lipinski definition) is 4. The molecule has 3 rings (SSSR count). The minimum atomic E-state index is 0.773. The molecule has 3 heterocycles. The number of aromatic nitrogens is 1. The first-order valence-electron chi connectivity index (χ1n) is 7.01. The highest BCUT2D eigenvalue weighted by atomic mass is 35.5. The van der Waals surface area contributed by atoms with Crippen LogP contribution in [0.15, 0.2) is 18.5 Å². The van der Waals surface area contributed by atoms with Gasteiger partial charge in [0.15, 0.2) is 0 Å². The van der Waals surface area contributed by atoms with Crippen molar-refractivity contribution in [2.45, 2.75) is 18.9 Å². The summed E-state index contributed by atoms with van der Waals surface area (Å²) in [6.45, 7) is 4.76. The van der Waals surface area contributed by atoms with E-state index in [0.29, 0.717) is 0 Å². The molecule has 3 nitrogen and oxygen atoms in total. The maximum absolute atomic E-state index is 6.23. The van der Waals surface area contributed by atoms with Gasteiger partial charge in [0.05, 0.1) is 10.7 Å². The molecule has 0 N–H and O–H groups in total. The number of halogens is 1. The largest absolute Gasteiger partial charge is 0.370 e. The van der Waals surface area contributed by atoms with Crippen LogP contribution in [0.4, 0.5) is 5.69 Å². The molecule has 0 saturated carbocycles. The summed E-state index contributed by atoms with van der Waals surface area (Å²) in [6, 6.07) is 2.80. The third kappa shape index (κ3) is 3.18. The van der Waals surface area contributed by atoms with E-state index < -0.39 is 0 Å². The van der Waals surface area contributed by atoms with E-state index in [9.17, 15) is 0 Å². The predicted octanol–water partition coefficient (Wildman–Crippen LogP) is 2.75. The van der Waals surface area contributed by atoms with Crippen LogP contribution in [-0.4, -0.2) is 53.6 Å². The summed E-state index contributed by atoms with van der Waals surface area (Å²) in [6.07, 6.45) is 6.08. The second-order valence-electron chi connectivity index (χ2n) is 5.19. The third-order valence-electron chi connectivity index (χ3n) is 4.12. The second-order valence-corrected chi connectivity index (χ2v) is 6.83.